The number of piperidine rings is 2. The van der Waals surface area contributed by atoms with Gasteiger partial charge >= 0.3 is 0 Å². The molecule has 14 heavy (non-hydrogen) atoms. The Morgan fingerprint density at radius 3 is 2.64 bits per heavy atom. The standard InChI is InChI=1S/C10H16N2O2/c13-9-6-7(3-5-11-9)8-2-1-4-12-10(8)14/h7-8H,1-6H2,(H,11,13)(H,12,14). The molecule has 0 saturated carbocycles. The molecule has 0 aromatic heterocycles. The van der Waals surface area contributed by atoms with Crippen molar-refractivity contribution in [2.75, 3.05) is 13.1 Å². The first-order chi connectivity index (χ1) is 6.77. The van der Waals surface area contributed by atoms with E-state index in [2.05, 4.69) is 10.6 Å². The van der Waals surface area contributed by atoms with Crippen LogP contribution in [0, 0.1) is 11.8 Å². The van der Waals surface area contributed by atoms with E-state index in [4.69, 9.17) is 0 Å². The molecule has 0 spiro atoms. The van der Waals surface area contributed by atoms with Gasteiger partial charge in [0.25, 0.3) is 0 Å². The zero-order valence-corrected chi connectivity index (χ0v) is 8.21. The molecule has 2 unspecified atom stereocenters. The maximum absolute atomic E-state index is 11.6. The van der Waals surface area contributed by atoms with Crippen LogP contribution in [0.15, 0.2) is 0 Å². The second-order valence-corrected chi connectivity index (χ2v) is 4.14. The van der Waals surface area contributed by atoms with E-state index in [0.717, 1.165) is 32.4 Å². The minimum atomic E-state index is 0.0785. The smallest absolute Gasteiger partial charge is 0.223 e. The summed E-state index contributed by atoms with van der Waals surface area (Å²) in [5.41, 5.74) is 0. The highest BCUT2D eigenvalue weighted by atomic mass is 16.2. The lowest BCUT2D eigenvalue weighted by molar-refractivity contribution is -0.131. The van der Waals surface area contributed by atoms with Crippen molar-refractivity contribution in [2.45, 2.75) is 25.7 Å². The normalized spacial score (nSPS) is 33.4. The molecule has 0 aromatic rings. The van der Waals surface area contributed by atoms with Crippen molar-refractivity contribution in [2.24, 2.45) is 11.8 Å². The molecule has 0 aliphatic carbocycles. The van der Waals surface area contributed by atoms with Gasteiger partial charge in [0.15, 0.2) is 0 Å². The number of carbonyl (C=O) groups is 2. The van der Waals surface area contributed by atoms with Crippen molar-refractivity contribution in [3.05, 3.63) is 0 Å². The van der Waals surface area contributed by atoms with Gasteiger partial charge in [0.2, 0.25) is 11.8 Å². The number of amides is 2. The van der Waals surface area contributed by atoms with E-state index >= 15 is 0 Å². The summed E-state index contributed by atoms with van der Waals surface area (Å²) in [6.07, 6.45) is 3.47. The van der Waals surface area contributed by atoms with Crippen LogP contribution in [-0.4, -0.2) is 24.9 Å². The van der Waals surface area contributed by atoms with Crippen molar-refractivity contribution in [1.82, 2.24) is 10.6 Å². The third kappa shape index (κ3) is 1.89. The van der Waals surface area contributed by atoms with Crippen LogP contribution in [0.2, 0.25) is 0 Å². The Hall–Kier alpha value is -1.06. The zero-order valence-electron chi connectivity index (χ0n) is 8.21. The third-order valence-corrected chi connectivity index (χ3v) is 3.18. The highest BCUT2D eigenvalue weighted by molar-refractivity contribution is 5.82. The van der Waals surface area contributed by atoms with Gasteiger partial charge in [-0.2, -0.15) is 0 Å². The fraction of sp³-hybridized carbons (Fsp3) is 0.800. The Balaban J connectivity index is 1.98. The van der Waals surface area contributed by atoms with Gasteiger partial charge in [-0.3, -0.25) is 9.59 Å². The van der Waals surface area contributed by atoms with Crippen molar-refractivity contribution in [3.8, 4) is 0 Å². The number of hydrogen-bond donors (Lipinski definition) is 2. The van der Waals surface area contributed by atoms with Gasteiger partial charge < -0.3 is 10.6 Å². The van der Waals surface area contributed by atoms with Crippen LogP contribution in [0.4, 0.5) is 0 Å². The number of nitrogens with one attached hydrogen (secondary N) is 2. The van der Waals surface area contributed by atoms with E-state index in [-0.39, 0.29) is 23.7 Å². The van der Waals surface area contributed by atoms with E-state index in [0.29, 0.717) is 6.42 Å². The highest BCUT2D eigenvalue weighted by Crippen LogP contribution is 2.28. The molecular formula is C10H16N2O2. The minimum absolute atomic E-state index is 0.0785. The SMILES string of the molecule is O=C1CC(C2CCCNC2=O)CCN1. The summed E-state index contributed by atoms with van der Waals surface area (Å²) >= 11 is 0. The lowest BCUT2D eigenvalue weighted by Gasteiger charge is -2.31. The van der Waals surface area contributed by atoms with Crippen LogP contribution in [-0.2, 0) is 9.59 Å². The molecule has 4 heteroatoms. The highest BCUT2D eigenvalue weighted by Gasteiger charge is 2.33. The lowest BCUT2D eigenvalue weighted by atomic mass is 9.80. The average Bonchev–Trinajstić information content (AvgIpc) is 2.18. The van der Waals surface area contributed by atoms with Gasteiger partial charge in [-0.1, -0.05) is 0 Å². The number of carbonyl (C=O) groups excluding carboxylic acids is 2. The fourth-order valence-electron chi connectivity index (χ4n) is 2.40. The first-order valence-corrected chi connectivity index (χ1v) is 5.32. The molecule has 78 valence electrons. The third-order valence-electron chi connectivity index (χ3n) is 3.18. The summed E-state index contributed by atoms with van der Waals surface area (Å²) in [5, 5.41) is 5.67. The molecule has 2 rings (SSSR count). The molecule has 2 atom stereocenters. The van der Waals surface area contributed by atoms with Crippen LogP contribution in [0.5, 0.6) is 0 Å². The minimum Gasteiger partial charge on any atom is -0.356 e. The van der Waals surface area contributed by atoms with Crippen molar-refractivity contribution < 1.29 is 9.59 Å². The summed E-state index contributed by atoms with van der Waals surface area (Å²) in [5.74, 6) is 0.592. The van der Waals surface area contributed by atoms with E-state index < -0.39 is 0 Å². The van der Waals surface area contributed by atoms with E-state index in [1.54, 1.807) is 0 Å². The van der Waals surface area contributed by atoms with Crippen LogP contribution in [0.25, 0.3) is 0 Å². The Labute approximate surface area is 83.4 Å². The summed E-state index contributed by atoms with van der Waals surface area (Å²) in [4.78, 5) is 22.7. The second kappa shape index (κ2) is 3.98. The summed E-state index contributed by atoms with van der Waals surface area (Å²) < 4.78 is 0. The molecule has 2 saturated heterocycles. The van der Waals surface area contributed by atoms with Crippen molar-refractivity contribution in [3.63, 3.8) is 0 Å². The zero-order chi connectivity index (χ0) is 9.97. The Kier molecular flexibility index (Phi) is 2.70. The predicted octanol–water partition coefficient (Wildman–Crippen LogP) is 0.0388. The maximum Gasteiger partial charge on any atom is 0.223 e. The van der Waals surface area contributed by atoms with Crippen LogP contribution in [0.3, 0.4) is 0 Å². The van der Waals surface area contributed by atoms with Crippen LogP contribution >= 0.6 is 0 Å². The van der Waals surface area contributed by atoms with Crippen molar-refractivity contribution >= 4 is 11.8 Å². The first kappa shape index (κ1) is 9.49. The van der Waals surface area contributed by atoms with Gasteiger partial charge in [0, 0.05) is 25.4 Å². The van der Waals surface area contributed by atoms with Crippen LogP contribution in [0.1, 0.15) is 25.7 Å². The average molecular weight is 196 g/mol. The molecule has 2 N–H and O–H groups in total. The molecule has 0 radical (unpaired) electrons. The van der Waals surface area contributed by atoms with Crippen molar-refractivity contribution in [1.29, 1.82) is 0 Å². The van der Waals surface area contributed by atoms with E-state index in [1.165, 1.54) is 0 Å². The summed E-state index contributed by atoms with van der Waals surface area (Å²) in [6, 6.07) is 0. The van der Waals surface area contributed by atoms with Gasteiger partial charge in [-0.05, 0) is 25.2 Å². The molecule has 0 bridgehead atoms. The number of rotatable bonds is 1. The predicted molar refractivity (Wildman–Crippen MR) is 51.5 cm³/mol. The Morgan fingerprint density at radius 1 is 1.07 bits per heavy atom. The molecule has 2 heterocycles. The van der Waals surface area contributed by atoms with Gasteiger partial charge in [-0.15, -0.1) is 0 Å². The fourth-order valence-corrected chi connectivity index (χ4v) is 2.40. The first-order valence-electron chi connectivity index (χ1n) is 5.32. The lowest BCUT2D eigenvalue weighted by Crippen LogP contribution is -2.44. The number of hydrogen-bond acceptors (Lipinski definition) is 2. The maximum atomic E-state index is 11.6. The molecule has 4 nitrogen and oxygen atoms in total. The molecular weight excluding hydrogens is 180 g/mol. The quantitative estimate of drug-likeness (QED) is 0.622. The molecule has 0 aromatic carbocycles. The van der Waals surface area contributed by atoms with Crippen LogP contribution < -0.4 is 10.6 Å². The second-order valence-electron chi connectivity index (χ2n) is 4.14. The largest absolute Gasteiger partial charge is 0.356 e. The molecule has 2 aliphatic rings. The van der Waals surface area contributed by atoms with Gasteiger partial charge in [-0.25, -0.2) is 0 Å². The Morgan fingerprint density at radius 2 is 1.93 bits per heavy atom. The topological polar surface area (TPSA) is 58.2 Å². The van der Waals surface area contributed by atoms with E-state index in [9.17, 15) is 9.59 Å². The monoisotopic (exact) mass is 196 g/mol. The van der Waals surface area contributed by atoms with Gasteiger partial charge in [0.05, 0.1) is 0 Å². The Bertz CT molecular complexity index is 253. The molecule has 2 amide bonds. The van der Waals surface area contributed by atoms with Gasteiger partial charge in [0.1, 0.15) is 0 Å². The summed E-state index contributed by atoms with van der Waals surface area (Å²) in [7, 11) is 0. The molecule has 2 aliphatic heterocycles. The molecule has 2 fully saturated rings. The summed E-state index contributed by atoms with van der Waals surface area (Å²) in [6.45, 7) is 1.53. The van der Waals surface area contributed by atoms with E-state index in [1.807, 2.05) is 0 Å².